The normalized spacial score (nSPS) is 21.0. The van der Waals surface area contributed by atoms with Gasteiger partial charge in [0, 0.05) is 13.1 Å². The molecule has 5 heteroatoms. The van der Waals surface area contributed by atoms with Crippen LogP contribution in [0.2, 0.25) is 0 Å². The molecule has 82 valence electrons. The van der Waals surface area contributed by atoms with Crippen molar-refractivity contribution in [3.63, 3.8) is 0 Å². The number of carbonyl (C=O) groups excluding carboxylic acids is 1. The van der Waals surface area contributed by atoms with Crippen LogP contribution in [0.3, 0.4) is 0 Å². The Balaban J connectivity index is 2.14. The van der Waals surface area contributed by atoms with Gasteiger partial charge < -0.3 is 10.0 Å². The quantitative estimate of drug-likeness (QED) is 0.859. The molecule has 1 fully saturated rings. The molecular weight excluding hydrogens is 278 g/mol. The van der Waals surface area contributed by atoms with Crippen molar-refractivity contribution in [3.8, 4) is 0 Å². The van der Waals surface area contributed by atoms with Crippen molar-refractivity contribution >= 4 is 33.2 Å². The van der Waals surface area contributed by atoms with Crippen LogP contribution in [0, 0.1) is 6.92 Å². The Morgan fingerprint density at radius 3 is 2.93 bits per heavy atom. The highest BCUT2D eigenvalue weighted by Crippen LogP contribution is 2.28. The summed E-state index contributed by atoms with van der Waals surface area (Å²) < 4.78 is 1.01. The van der Waals surface area contributed by atoms with E-state index >= 15 is 0 Å². The van der Waals surface area contributed by atoms with E-state index in [1.807, 2.05) is 13.0 Å². The molecule has 1 saturated heterocycles. The van der Waals surface area contributed by atoms with Gasteiger partial charge in [-0.2, -0.15) is 0 Å². The van der Waals surface area contributed by atoms with Gasteiger partial charge in [-0.05, 0) is 40.9 Å². The highest BCUT2D eigenvalue weighted by atomic mass is 79.9. The summed E-state index contributed by atoms with van der Waals surface area (Å²) in [5.41, 5.74) is 1.09. The van der Waals surface area contributed by atoms with Gasteiger partial charge in [0.05, 0.1) is 14.8 Å². The van der Waals surface area contributed by atoms with E-state index in [0.717, 1.165) is 14.2 Å². The summed E-state index contributed by atoms with van der Waals surface area (Å²) in [7, 11) is 0. The number of aliphatic hydroxyl groups excluding tert-OH is 1. The van der Waals surface area contributed by atoms with Gasteiger partial charge in [0.15, 0.2) is 0 Å². The molecule has 1 amide bonds. The van der Waals surface area contributed by atoms with E-state index in [0.29, 0.717) is 19.5 Å². The van der Waals surface area contributed by atoms with Crippen molar-refractivity contribution in [1.82, 2.24) is 4.90 Å². The zero-order valence-corrected chi connectivity index (χ0v) is 10.8. The summed E-state index contributed by atoms with van der Waals surface area (Å²) in [4.78, 5) is 14.4. The van der Waals surface area contributed by atoms with Crippen LogP contribution >= 0.6 is 27.3 Å². The average molecular weight is 290 g/mol. The Hall–Kier alpha value is -0.390. The molecule has 0 spiro atoms. The van der Waals surface area contributed by atoms with E-state index in [1.165, 1.54) is 11.3 Å². The van der Waals surface area contributed by atoms with Gasteiger partial charge in [-0.25, -0.2) is 0 Å². The Bertz CT molecular complexity index is 371. The van der Waals surface area contributed by atoms with E-state index in [1.54, 1.807) is 4.90 Å². The molecule has 1 aliphatic rings. The fourth-order valence-corrected chi connectivity index (χ4v) is 3.15. The molecule has 3 nitrogen and oxygen atoms in total. The summed E-state index contributed by atoms with van der Waals surface area (Å²) in [5.74, 6) is 0.0327. The van der Waals surface area contributed by atoms with Gasteiger partial charge in [0.1, 0.15) is 0 Å². The molecule has 0 aliphatic carbocycles. The van der Waals surface area contributed by atoms with Crippen LogP contribution in [0.1, 0.15) is 21.7 Å². The van der Waals surface area contributed by atoms with E-state index in [9.17, 15) is 9.90 Å². The minimum absolute atomic E-state index is 0.0327. The lowest BCUT2D eigenvalue weighted by molar-refractivity contribution is 0.0769. The number of nitrogens with zero attached hydrogens (tertiary/aromatic N) is 1. The van der Waals surface area contributed by atoms with Crippen LogP contribution in [0.15, 0.2) is 9.85 Å². The molecule has 1 N–H and O–H groups in total. The third-order valence-electron chi connectivity index (χ3n) is 2.52. The molecule has 2 rings (SSSR count). The number of hydrogen-bond acceptors (Lipinski definition) is 3. The average Bonchev–Trinajstić information content (AvgIpc) is 2.74. The molecule has 0 unspecified atom stereocenters. The third-order valence-corrected chi connectivity index (χ3v) is 4.64. The monoisotopic (exact) mass is 289 g/mol. The number of likely N-dealkylation sites (tertiary alicyclic amines) is 1. The lowest BCUT2D eigenvalue weighted by atomic mass is 10.3. The van der Waals surface area contributed by atoms with Crippen molar-refractivity contribution in [2.75, 3.05) is 13.1 Å². The number of aliphatic hydroxyl groups is 1. The number of hydrogen-bond donors (Lipinski definition) is 1. The third kappa shape index (κ3) is 2.24. The number of thiophene rings is 1. The van der Waals surface area contributed by atoms with Crippen molar-refractivity contribution in [2.45, 2.75) is 19.4 Å². The number of aryl methyl sites for hydroxylation is 1. The highest BCUT2D eigenvalue weighted by molar-refractivity contribution is 9.11. The van der Waals surface area contributed by atoms with Crippen LogP contribution in [0.5, 0.6) is 0 Å². The lowest BCUT2D eigenvalue weighted by Gasteiger charge is -2.13. The number of amides is 1. The van der Waals surface area contributed by atoms with Crippen LogP contribution < -0.4 is 0 Å². The number of halogens is 1. The van der Waals surface area contributed by atoms with E-state index < -0.39 is 0 Å². The van der Waals surface area contributed by atoms with Gasteiger partial charge in [-0.1, -0.05) is 0 Å². The first kappa shape index (κ1) is 11.1. The van der Waals surface area contributed by atoms with Crippen LogP contribution in [-0.4, -0.2) is 35.1 Å². The van der Waals surface area contributed by atoms with Gasteiger partial charge in [0.25, 0.3) is 5.91 Å². The minimum Gasteiger partial charge on any atom is -0.391 e. The Labute approximate surface area is 101 Å². The highest BCUT2D eigenvalue weighted by Gasteiger charge is 2.26. The molecule has 0 radical (unpaired) electrons. The molecule has 1 atom stereocenters. The van der Waals surface area contributed by atoms with E-state index in [2.05, 4.69) is 15.9 Å². The first-order valence-electron chi connectivity index (χ1n) is 4.81. The second kappa shape index (κ2) is 4.23. The Morgan fingerprint density at radius 1 is 1.73 bits per heavy atom. The summed E-state index contributed by atoms with van der Waals surface area (Å²) >= 11 is 4.86. The van der Waals surface area contributed by atoms with Gasteiger partial charge in [0.2, 0.25) is 0 Å². The van der Waals surface area contributed by atoms with Gasteiger partial charge in [-0.15, -0.1) is 11.3 Å². The molecule has 15 heavy (non-hydrogen) atoms. The molecule has 2 heterocycles. The van der Waals surface area contributed by atoms with E-state index in [4.69, 9.17) is 0 Å². The van der Waals surface area contributed by atoms with Crippen molar-refractivity contribution in [2.24, 2.45) is 0 Å². The first-order chi connectivity index (χ1) is 7.08. The molecule has 1 aliphatic heterocycles. The molecule has 0 bridgehead atoms. The molecule has 0 aromatic carbocycles. The fraction of sp³-hybridized carbons (Fsp3) is 0.500. The smallest absolute Gasteiger partial charge is 0.264 e. The van der Waals surface area contributed by atoms with Crippen LogP contribution in [0.4, 0.5) is 0 Å². The van der Waals surface area contributed by atoms with Crippen LogP contribution in [-0.2, 0) is 0 Å². The Kier molecular flexibility index (Phi) is 3.13. The molecule has 1 aromatic heterocycles. The molecule has 1 aromatic rings. The largest absolute Gasteiger partial charge is 0.391 e. The fourth-order valence-electron chi connectivity index (χ4n) is 1.65. The number of β-amino-alcohol motifs (C(OH)–C–C–N with tert-alkyl or cyclic N) is 1. The summed E-state index contributed by atoms with van der Waals surface area (Å²) in [6, 6.07) is 1.89. The first-order valence-corrected chi connectivity index (χ1v) is 6.42. The number of carbonyl (C=O) groups is 1. The molecule has 0 saturated carbocycles. The zero-order chi connectivity index (χ0) is 11.0. The lowest BCUT2D eigenvalue weighted by Crippen LogP contribution is -2.28. The maximum absolute atomic E-state index is 12.0. The molecular formula is C10H12BrNO2S. The van der Waals surface area contributed by atoms with Gasteiger partial charge in [-0.3, -0.25) is 4.79 Å². The summed E-state index contributed by atoms with van der Waals surface area (Å²) in [6.45, 7) is 3.10. The second-order valence-corrected chi connectivity index (χ2v) is 6.13. The Morgan fingerprint density at radius 2 is 2.47 bits per heavy atom. The zero-order valence-electron chi connectivity index (χ0n) is 8.36. The predicted octanol–water partition coefficient (Wildman–Crippen LogP) is 2.03. The van der Waals surface area contributed by atoms with Crippen molar-refractivity contribution < 1.29 is 9.90 Å². The summed E-state index contributed by atoms with van der Waals surface area (Å²) in [6.07, 6.45) is 0.343. The standard InChI is InChI=1S/C10H12BrNO2S/c1-6-4-8(15-9(6)11)10(14)12-3-2-7(13)5-12/h4,7,13H,2-3,5H2,1H3/t7-/m1/s1. The SMILES string of the molecule is Cc1cc(C(=O)N2CC[C@@H](O)C2)sc1Br. The van der Waals surface area contributed by atoms with Gasteiger partial charge >= 0.3 is 0 Å². The number of rotatable bonds is 1. The maximum Gasteiger partial charge on any atom is 0.264 e. The predicted molar refractivity (Wildman–Crippen MR) is 63.3 cm³/mol. The topological polar surface area (TPSA) is 40.5 Å². The maximum atomic E-state index is 12.0. The van der Waals surface area contributed by atoms with Crippen molar-refractivity contribution in [3.05, 3.63) is 20.3 Å². The van der Waals surface area contributed by atoms with E-state index in [-0.39, 0.29) is 12.0 Å². The summed E-state index contributed by atoms with van der Waals surface area (Å²) in [5, 5.41) is 9.36. The van der Waals surface area contributed by atoms with Crippen LogP contribution in [0.25, 0.3) is 0 Å². The van der Waals surface area contributed by atoms with Crippen molar-refractivity contribution in [1.29, 1.82) is 0 Å². The second-order valence-electron chi connectivity index (χ2n) is 3.76. The minimum atomic E-state index is -0.349.